The number of aryl methyl sites for hydroxylation is 1. The van der Waals surface area contributed by atoms with Crippen LogP contribution in [-0.2, 0) is 18.3 Å². The van der Waals surface area contributed by atoms with E-state index < -0.39 is 0 Å². The number of benzene rings is 1. The molecule has 0 saturated carbocycles. The smallest absolute Gasteiger partial charge is 0.0594 e. The monoisotopic (exact) mass is 308 g/mol. The fourth-order valence-electron chi connectivity index (χ4n) is 2.50. The Labute approximate surface area is 115 Å². The standard InChI is InChI=1S/C14H17BrN2O/c1-16-13(10-17-4-6-18-7-5-17)8-11-2-3-12(15)9-14(11)16/h2-3,8-9H,4-7,10H2,1H3. The highest BCUT2D eigenvalue weighted by Crippen LogP contribution is 2.23. The van der Waals surface area contributed by atoms with Gasteiger partial charge in [0.25, 0.3) is 0 Å². The molecule has 0 radical (unpaired) electrons. The Hall–Kier alpha value is -0.840. The Morgan fingerprint density at radius 3 is 2.78 bits per heavy atom. The SMILES string of the molecule is Cn1c(CN2CCOCC2)cc2ccc(Br)cc21. The van der Waals surface area contributed by atoms with Gasteiger partial charge < -0.3 is 9.30 Å². The fraction of sp³-hybridized carbons (Fsp3) is 0.429. The molecule has 4 heteroatoms. The largest absolute Gasteiger partial charge is 0.379 e. The van der Waals surface area contributed by atoms with Crippen LogP contribution in [0.3, 0.4) is 0 Å². The molecular formula is C14H17BrN2O. The van der Waals surface area contributed by atoms with Crippen molar-refractivity contribution in [1.29, 1.82) is 0 Å². The van der Waals surface area contributed by atoms with Crippen molar-refractivity contribution in [3.8, 4) is 0 Å². The maximum atomic E-state index is 5.39. The summed E-state index contributed by atoms with van der Waals surface area (Å²) in [4.78, 5) is 2.45. The zero-order valence-corrected chi connectivity index (χ0v) is 12.1. The van der Waals surface area contributed by atoms with Gasteiger partial charge in [0.1, 0.15) is 0 Å². The van der Waals surface area contributed by atoms with E-state index in [9.17, 15) is 0 Å². The van der Waals surface area contributed by atoms with E-state index in [2.05, 4.69) is 56.7 Å². The molecule has 1 aliphatic heterocycles. The number of morpholine rings is 1. The molecule has 3 rings (SSSR count). The van der Waals surface area contributed by atoms with E-state index in [0.29, 0.717) is 0 Å². The predicted octanol–water partition coefficient (Wildman–Crippen LogP) is 2.77. The van der Waals surface area contributed by atoms with E-state index in [1.165, 1.54) is 16.6 Å². The Morgan fingerprint density at radius 1 is 1.22 bits per heavy atom. The van der Waals surface area contributed by atoms with Gasteiger partial charge in [-0.15, -0.1) is 0 Å². The van der Waals surface area contributed by atoms with Crippen LogP contribution in [0.25, 0.3) is 10.9 Å². The molecular weight excluding hydrogens is 292 g/mol. The maximum Gasteiger partial charge on any atom is 0.0594 e. The first kappa shape index (κ1) is 12.2. The Bertz CT molecular complexity index is 558. The number of nitrogens with zero attached hydrogens (tertiary/aromatic N) is 2. The van der Waals surface area contributed by atoms with E-state index in [-0.39, 0.29) is 0 Å². The molecule has 0 N–H and O–H groups in total. The predicted molar refractivity (Wildman–Crippen MR) is 76.7 cm³/mol. The first-order valence-corrected chi connectivity index (χ1v) is 7.07. The van der Waals surface area contributed by atoms with E-state index in [1.807, 2.05) is 0 Å². The van der Waals surface area contributed by atoms with Gasteiger partial charge in [-0.2, -0.15) is 0 Å². The van der Waals surface area contributed by atoms with Crippen LogP contribution in [-0.4, -0.2) is 35.8 Å². The van der Waals surface area contributed by atoms with E-state index in [4.69, 9.17) is 4.74 Å². The van der Waals surface area contributed by atoms with E-state index >= 15 is 0 Å². The lowest BCUT2D eigenvalue weighted by Crippen LogP contribution is -2.36. The van der Waals surface area contributed by atoms with Crippen molar-refractivity contribution in [2.75, 3.05) is 26.3 Å². The summed E-state index contributed by atoms with van der Waals surface area (Å²) >= 11 is 3.53. The van der Waals surface area contributed by atoms with Crippen molar-refractivity contribution in [2.45, 2.75) is 6.54 Å². The molecule has 0 amide bonds. The Kier molecular flexibility index (Phi) is 3.41. The van der Waals surface area contributed by atoms with Gasteiger partial charge in [0.2, 0.25) is 0 Å². The molecule has 3 nitrogen and oxygen atoms in total. The molecule has 1 saturated heterocycles. The van der Waals surface area contributed by atoms with Crippen LogP contribution >= 0.6 is 15.9 Å². The molecule has 2 heterocycles. The lowest BCUT2D eigenvalue weighted by Gasteiger charge is -2.26. The van der Waals surface area contributed by atoms with Gasteiger partial charge in [-0.3, -0.25) is 4.90 Å². The zero-order valence-electron chi connectivity index (χ0n) is 10.5. The summed E-state index contributed by atoms with van der Waals surface area (Å²) < 4.78 is 8.81. The number of fused-ring (bicyclic) bond motifs is 1. The molecule has 0 unspecified atom stereocenters. The summed E-state index contributed by atoms with van der Waals surface area (Å²) in [6, 6.07) is 8.73. The molecule has 1 aromatic heterocycles. The minimum Gasteiger partial charge on any atom is -0.379 e. The minimum atomic E-state index is 0.857. The number of hydrogen-bond acceptors (Lipinski definition) is 2. The number of hydrogen-bond donors (Lipinski definition) is 0. The molecule has 18 heavy (non-hydrogen) atoms. The van der Waals surface area contributed by atoms with Crippen molar-refractivity contribution in [1.82, 2.24) is 9.47 Å². The quantitative estimate of drug-likeness (QED) is 0.849. The third-order valence-corrected chi connectivity index (χ3v) is 4.09. The summed E-state index contributed by atoms with van der Waals surface area (Å²) in [6.45, 7) is 4.79. The Morgan fingerprint density at radius 2 is 2.00 bits per heavy atom. The van der Waals surface area contributed by atoms with E-state index in [0.717, 1.165) is 37.3 Å². The average molecular weight is 309 g/mol. The lowest BCUT2D eigenvalue weighted by atomic mass is 10.2. The van der Waals surface area contributed by atoms with Gasteiger partial charge in [-0.1, -0.05) is 22.0 Å². The summed E-state index contributed by atoms with van der Waals surface area (Å²) in [5.41, 5.74) is 2.65. The van der Waals surface area contributed by atoms with Crippen LogP contribution in [0.1, 0.15) is 5.69 Å². The number of ether oxygens (including phenoxy) is 1. The third kappa shape index (κ3) is 2.32. The molecule has 0 atom stereocenters. The topological polar surface area (TPSA) is 17.4 Å². The van der Waals surface area contributed by atoms with Gasteiger partial charge in [0.15, 0.2) is 0 Å². The summed E-state index contributed by atoms with van der Waals surface area (Å²) in [5.74, 6) is 0. The molecule has 96 valence electrons. The van der Waals surface area contributed by atoms with Crippen molar-refractivity contribution in [3.05, 3.63) is 34.4 Å². The molecule has 1 aliphatic rings. The van der Waals surface area contributed by atoms with Gasteiger partial charge in [0, 0.05) is 42.4 Å². The fourth-order valence-corrected chi connectivity index (χ4v) is 2.85. The second kappa shape index (κ2) is 5.03. The van der Waals surface area contributed by atoms with Gasteiger partial charge in [-0.25, -0.2) is 0 Å². The van der Waals surface area contributed by atoms with Crippen LogP contribution in [0, 0.1) is 0 Å². The van der Waals surface area contributed by atoms with Crippen molar-refractivity contribution in [3.63, 3.8) is 0 Å². The molecule has 2 aromatic rings. The molecule has 1 fully saturated rings. The highest BCUT2D eigenvalue weighted by molar-refractivity contribution is 9.10. The van der Waals surface area contributed by atoms with Gasteiger partial charge >= 0.3 is 0 Å². The van der Waals surface area contributed by atoms with E-state index in [1.54, 1.807) is 0 Å². The number of rotatable bonds is 2. The summed E-state index contributed by atoms with van der Waals surface area (Å²) in [6.07, 6.45) is 0. The maximum absolute atomic E-state index is 5.39. The van der Waals surface area contributed by atoms with Crippen LogP contribution in [0.4, 0.5) is 0 Å². The summed E-state index contributed by atoms with van der Waals surface area (Å²) in [7, 11) is 2.14. The second-order valence-corrected chi connectivity index (χ2v) is 5.70. The highest BCUT2D eigenvalue weighted by Gasteiger charge is 2.13. The Balaban J connectivity index is 1.89. The molecule has 0 spiro atoms. The number of halogens is 1. The van der Waals surface area contributed by atoms with Crippen LogP contribution in [0.5, 0.6) is 0 Å². The lowest BCUT2D eigenvalue weighted by molar-refractivity contribution is 0.0333. The van der Waals surface area contributed by atoms with Crippen LogP contribution in [0.2, 0.25) is 0 Å². The minimum absolute atomic E-state index is 0.857. The third-order valence-electron chi connectivity index (χ3n) is 3.60. The molecule has 1 aromatic carbocycles. The summed E-state index contributed by atoms with van der Waals surface area (Å²) in [5, 5.41) is 1.31. The van der Waals surface area contributed by atoms with Crippen LogP contribution < -0.4 is 0 Å². The van der Waals surface area contributed by atoms with Crippen LogP contribution in [0.15, 0.2) is 28.7 Å². The van der Waals surface area contributed by atoms with Crippen molar-refractivity contribution < 1.29 is 4.74 Å². The molecule has 0 bridgehead atoms. The second-order valence-electron chi connectivity index (χ2n) is 4.79. The first-order valence-electron chi connectivity index (χ1n) is 6.28. The average Bonchev–Trinajstić information content (AvgIpc) is 2.68. The first-order chi connectivity index (χ1) is 8.74. The zero-order chi connectivity index (χ0) is 12.5. The normalized spacial score (nSPS) is 17.4. The highest BCUT2D eigenvalue weighted by atomic mass is 79.9. The number of aromatic nitrogens is 1. The van der Waals surface area contributed by atoms with Crippen molar-refractivity contribution in [2.24, 2.45) is 7.05 Å². The van der Waals surface area contributed by atoms with Gasteiger partial charge in [0.05, 0.1) is 13.2 Å². The van der Waals surface area contributed by atoms with Crippen molar-refractivity contribution >= 4 is 26.8 Å². The molecule has 0 aliphatic carbocycles. The van der Waals surface area contributed by atoms with Gasteiger partial charge in [-0.05, 0) is 23.6 Å².